The van der Waals surface area contributed by atoms with Crippen molar-refractivity contribution < 1.29 is 4.42 Å². The summed E-state index contributed by atoms with van der Waals surface area (Å²) in [5, 5.41) is 4.28. The molecule has 20 heavy (non-hydrogen) atoms. The molecule has 0 fully saturated rings. The lowest BCUT2D eigenvalue weighted by molar-refractivity contribution is 0.433. The molecule has 0 saturated heterocycles. The first-order valence-electron chi connectivity index (χ1n) is 6.78. The van der Waals surface area contributed by atoms with E-state index in [0.717, 1.165) is 34.0 Å². The molecule has 1 heterocycles. The van der Waals surface area contributed by atoms with E-state index in [-0.39, 0.29) is 6.04 Å². The molecule has 0 amide bonds. The van der Waals surface area contributed by atoms with Crippen molar-refractivity contribution in [1.82, 2.24) is 5.32 Å². The van der Waals surface area contributed by atoms with Crippen LogP contribution in [0.25, 0.3) is 0 Å². The second kappa shape index (κ2) is 6.79. The van der Waals surface area contributed by atoms with Gasteiger partial charge in [-0.15, -0.1) is 0 Å². The van der Waals surface area contributed by atoms with E-state index in [1.165, 1.54) is 11.1 Å². The first kappa shape index (κ1) is 15.6. The number of nitrogens with one attached hydrogen (secondary N) is 1. The highest BCUT2D eigenvalue weighted by Crippen LogP contribution is 2.32. The molecule has 0 spiro atoms. The van der Waals surface area contributed by atoms with Crippen molar-refractivity contribution in [2.45, 2.75) is 33.2 Å². The van der Waals surface area contributed by atoms with E-state index < -0.39 is 0 Å². The fraction of sp³-hybridized carbons (Fsp3) is 0.375. The Hall–Kier alpha value is -0.770. The van der Waals surface area contributed by atoms with Crippen molar-refractivity contribution in [3.8, 4) is 0 Å². The van der Waals surface area contributed by atoms with E-state index >= 15 is 0 Å². The molecule has 1 aromatic carbocycles. The van der Waals surface area contributed by atoms with Gasteiger partial charge in [-0.25, -0.2) is 0 Å². The van der Waals surface area contributed by atoms with Crippen LogP contribution in [0.4, 0.5) is 0 Å². The van der Waals surface area contributed by atoms with Crippen molar-refractivity contribution in [2.75, 3.05) is 6.54 Å². The number of hydrogen-bond acceptors (Lipinski definition) is 2. The topological polar surface area (TPSA) is 25.2 Å². The van der Waals surface area contributed by atoms with E-state index in [4.69, 9.17) is 16.0 Å². The van der Waals surface area contributed by atoms with Gasteiger partial charge < -0.3 is 9.73 Å². The molecule has 4 heteroatoms. The molecular formula is C16H19BrClNO. The second-order valence-electron chi connectivity index (χ2n) is 4.99. The second-order valence-corrected chi connectivity index (χ2v) is 6.18. The summed E-state index contributed by atoms with van der Waals surface area (Å²) in [5.74, 6) is 0.871. The average molecular weight is 357 g/mol. The van der Waals surface area contributed by atoms with Crippen LogP contribution in [0, 0.1) is 13.8 Å². The predicted molar refractivity (Wildman–Crippen MR) is 87.5 cm³/mol. The van der Waals surface area contributed by atoms with Crippen LogP contribution in [0.2, 0.25) is 5.02 Å². The Balaban J connectivity index is 2.43. The van der Waals surface area contributed by atoms with E-state index in [0.29, 0.717) is 0 Å². The zero-order valence-electron chi connectivity index (χ0n) is 12.0. The lowest BCUT2D eigenvalue weighted by Gasteiger charge is -2.19. The van der Waals surface area contributed by atoms with Crippen LogP contribution < -0.4 is 5.32 Å². The van der Waals surface area contributed by atoms with Gasteiger partial charge in [-0.05, 0) is 77.6 Å². The average Bonchev–Trinajstić information content (AvgIpc) is 2.82. The van der Waals surface area contributed by atoms with Crippen molar-refractivity contribution in [3.05, 3.63) is 56.4 Å². The highest BCUT2D eigenvalue weighted by molar-refractivity contribution is 9.10. The largest absolute Gasteiger partial charge is 0.452 e. The van der Waals surface area contributed by atoms with Gasteiger partial charge in [0.1, 0.15) is 5.76 Å². The minimum absolute atomic E-state index is 0.0203. The summed E-state index contributed by atoms with van der Waals surface area (Å²) in [6.45, 7) is 7.23. The number of furan rings is 1. The fourth-order valence-electron chi connectivity index (χ4n) is 2.16. The molecule has 1 aromatic heterocycles. The maximum atomic E-state index is 6.44. The van der Waals surface area contributed by atoms with Gasteiger partial charge in [-0.2, -0.15) is 0 Å². The number of rotatable bonds is 5. The molecule has 108 valence electrons. The normalized spacial score (nSPS) is 12.7. The minimum Gasteiger partial charge on any atom is -0.452 e. The summed E-state index contributed by atoms with van der Waals surface area (Å²) < 4.78 is 6.45. The highest BCUT2D eigenvalue weighted by Gasteiger charge is 2.20. The Labute approximate surface area is 133 Å². The van der Waals surface area contributed by atoms with Crippen LogP contribution in [0.5, 0.6) is 0 Å². The van der Waals surface area contributed by atoms with Crippen LogP contribution in [-0.4, -0.2) is 6.54 Å². The molecule has 1 atom stereocenters. The zero-order valence-corrected chi connectivity index (χ0v) is 14.3. The van der Waals surface area contributed by atoms with Crippen molar-refractivity contribution in [3.63, 3.8) is 0 Å². The maximum Gasteiger partial charge on any atom is 0.169 e. The summed E-state index contributed by atoms with van der Waals surface area (Å²) in [4.78, 5) is 0. The van der Waals surface area contributed by atoms with Crippen LogP contribution in [0.15, 0.2) is 33.4 Å². The van der Waals surface area contributed by atoms with Crippen molar-refractivity contribution in [1.29, 1.82) is 0 Å². The maximum absolute atomic E-state index is 6.44. The Morgan fingerprint density at radius 1 is 1.25 bits per heavy atom. The Bertz CT molecular complexity index is 594. The van der Waals surface area contributed by atoms with Gasteiger partial charge in [-0.3, -0.25) is 0 Å². The van der Waals surface area contributed by atoms with Crippen LogP contribution in [-0.2, 0) is 0 Å². The van der Waals surface area contributed by atoms with Crippen LogP contribution >= 0.6 is 27.5 Å². The molecule has 0 bridgehead atoms. The summed E-state index contributed by atoms with van der Waals surface area (Å²) in [6, 6.07) is 8.02. The first-order chi connectivity index (χ1) is 9.52. The summed E-state index contributed by atoms with van der Waals surface area (Å²) in [5.41, 5.74) is 3.50. The molecule has 2 nitrogen and oxygen atoms in total. The van der Waals surface area contributed by atoms with E-state index in [1.54, 1.807) is 0 Å². The summed E-state index contributed by atoms with van der Waals surface area (Å²) in [7, 11) is 0. The van der Waals surface area contributed by atoms with Gasteiger partial charge in [0.2, 0.25) is 0 Å². The molecular weight excluding hydrogens is 338 g/mol. The zero-order chi connectivity index (χ0) is 14.7. The van der Waals surface area contributed by atoms with Gasteiger partial charge in [0.15, 0.2) is 4.67 Å². The number of aryl methyl sites for hydroxylation is 2. The third-order valence-electron chi connectivity index (χ3n) is 3.40. The summed E-state index contributed by atoms with van der Waals surface area (Å²) in [6.07, 6.45) is 1.06. The molecule has 1 N–H and O–H groups in total. The molecule has 2 rings (SSSR count). The molecule has 0 aliphatic heterocycles. The molecule has 2 aromatic rings. The minimum atomic E-state index is -0.0203. The van der Waals surface area contributed by atoms with Gasteiger partial charge >= 0.3 is 0 Å². The molecule has 1 unspecified atom stereocenters. The summed E-state index contributed by atoms with van der Waals surface area (Å²) >= 11 is 9.80. The number of halogens is 2. The van der Waals surface area contributed by atoms with E-state index in [9.17, 15) is 0 Å². The number of benzene rings is 1. The van der Waals surface area contributed by atoms with E-state index in [2.05, 4.69) is 48.1 Å². The standard InChI is InChI=1S/C16H19BrClNO/c1-4-7-19-16(14-5-6-15(17)20-14)12-8-10(2)11(3)9-13(12)18/h5-6,8-9,16,19H,4,7H2,1-3H3. The third-order valence-corrected chi connectivity index (χ3v) is 4.15. The van der Waals surface area contributed by atoms with Gasteiger partial charge in [-0.1, -0.05) is 24.6 Å². The smallest absolute Gasteiger partial charge is 0.169 e. The number of hydrogen-bond donors (Lipinski definition) is 1. The van der Waals surface area contributed by atoms with Crippen molar-refractivity contribution in [2.24, 2.45) is 0 Å². The van der Waals surface area contributed by atoms with Crippen LogP contribution in [0.1, 0.15) is 41.8 Å². The first-order valence-corrected chi connectivity index (χ1v) is 7.95. The Morgan fingerprint density at radius 2 is 1.95 bits per heavy atom. The lowest BCUT2D eigenvalue weighted by Crippen LogP contribution is -2.23. The quantitative estimate of drug-likeness (QED) is 0.775. The molecule has 0 saturated carbocycles. The van der Waals surface area contributed by atoms with Gasteiger partial charge in [0.25, 0.3) is 0 Å². The van der Waals surface area contributed by atoms with Gasteiger partial charge in [0.05, 0.1) is 6.04 Å². The lowest BCUT2D eigenvalue weighted by atomic mass is 9.99. The van der Waals surface area contributed by atoms with Gasteiger partial charge in [0, 0.05) is 5.02 Å². The Kier molecular flexibility index (Phi) is 5.30. The van der Waals surface area contributed by atoms with E-state index in [1.807, 2.05) is 18.2 Å². The fourth-order valence-corrected chi connectivity index (χ4v) is 2.81. The Morgan fingerprint density at radius 3 is 2.55 bits per heavy atom. The predicted octanol–water partition coefficient (Wildman–Crippen LogP) is 5.40. The third kappa shape index (κ3) is 3.46. The molecule has 0 aliphatic carbocycles. The van der Waals surface area contributed by atoms with Crippen molar-refractivity contribution >= 4 is 27.5 Å². The highest BCUT2D eigenvalue weighted by atomic mass is 79.9. The SMILES string of the molecule is CCCNC(c1ccc(Br)o1)c1cc(C)c(C)cc1Cl. The molecule has 0 aliphatic rings. The monoisotopic (exact) mass is 355 g/mol. The molecule has 0 radical (unpaired) electrons. The van der Waals surface area contributed by atoms with Crippen LogP contribution in [0.3, 0.4) is 0 Å².